The summed E-state index contributed by atoms with van der Waals surface area (Å²) >= 11 is 0. The summed E-state index contributed by atoms with van der Waals surface area (Å²) in [6, 6.07) is 21.6. The van der Waals surface area contributed by atoms with Crippen LogP contribution >= 0.6 is 0 Å². The highest BCUT2D eigenvalue weighted by Crippen LogP contribution is 2.25. The largest absolute Gasteiger partial charge is 0.353 e. The van der Waals surface area contributed by atoms with E-state index in [1.807, 2.05) is 54.6 Å². The Labute approximate surface area is 131 Å². The van der Waals surface area contributed by atoms with Gasteiger partial charge in [-0.1, -0.05) is 36.4 Å². The first-order valence-corrected chi connectivity index (χ1v) is 7.54. The van der Waals surface area contributed by atoms with Crippen molar-refractivity contribution >= 4 is 43.6 Å². The molecule has 2 aromatic heterocycles. The quantitative estimate of drug-likeness (QED) is 0.340. The molecule has 108 valence electrons. The summed E-state index contributed by atoms with van der Waals surface area (Å²) in [6.07, 6.45) is 0. The van der Waals surface area contributed by atoms with Crippen molar-refractivity contribution in [3.63, 3.8) is 0 Å². The number of hydrogen-bond donors (Lipinski definition) is 1. The van der Waals surface area contributed by atoms with Crippen LogP contribution in [0.1, 0.15) is 0 Å². The number of benzene rings is 3. The van der Waals surface area contributed by atoms with E-state index in [-0.39, 0.29) is 5.43 Å². The molecule has 2 heterocycles. The van der Waals surface area contributed by atoms with Gasteiger partial charge in [0.2, 0.25) is 0 Å². The average Bonchev–Trinajstić information content (AvgIpc) is 2.60. The summed E-state index contributed by atoms with van der Waals surface area (Å²) in [7, 11) is 0. The lowest BCUT2D eigenvalue weighted by molar-refractivity contribution is 1.45. The molecule has 0 fully saturated rings. The van der Waals surface area contributed by atoms with Crippen molar-refractivity contribution in [2.75, 3.05) is 0 Å². The molecule has 23 heavy (non-hydrogen) atoms. The fraction of sp³-hybridized carbons (Fsp3) is 0. The molecule has 3 heteroatoms. The SMILES string of the molecule is O=c1c2ccccc2[nH]c2c1ccc1cc3ccccc3nc12. The number of aromatic nitrogens is 2. The van der Waals surface area contributed by atoms with Gasteiger partial charge in [-0.05, 0) is 30.3 Å². The number of fused-ring (bicyclic) bond motifs is 5. The molecule has 0 spiro atoms. The van der Waals surface area contributed by atoms with E-state index in [2.05, 4.69) is 17.1 Å². The Balaban J connectivity index is 2.06. The molecular formula is C20H12N2O. The Morgan fingerprint density at radius 1 is 0.783 bits per heavy atom. The minimum Gasteiger partial charge on any atom is -0.353 e. The van der Waals surface area contributed by atoms with Crippen LogP contribution < -0.4 is 5.43 Å². The second kappa shape index (κ2) is 4.40. The molecule has 0 amide bonds. The van der Waals surface area contributed by atoms with Gasteiger partial charge in [-0.3, -0.25) is 4.79 Å². The zero-order valence-electron chi connectivity index (χ0n) is 12.2. The maximum absolute atomic E-state index is 12.7. The first-order valence-electron chi connectivity index (χ1n) is 7.54. The van der Waals surface area contributed by atoms with Gasteiger partial charge in [-0.25, -0.2) is 4.98 Å². The number of pyridine rings is 2. The molecule has 0 saturated carbocycles. The Morgan fingerprint density at radius 2 is 1.61 bits per heavy atom. The van der Waals surface area contributed by atoms with Gasteiger partial charge in [-0.15, -0.1) is 0 Å². The molecular weight excluding hydrogens is 284 g/mol. The summed E-state index contributed by atoms with van der Waals surface area (Å²) in [5, 5.41) is 3.52. The van der Waals surface area contributed by atoms with Gasteiger partial charge < -0.3 is 4.98 Å². The number of rotatable bonds is 0. The monoisotopic (exact) mass is 296 g/mol. The van der Waals surface area contributed by atoms with Crippen LogP contribution in [-0.4, -0.2) is 9.97 Å². The van der Waals surface area contributed by atoms with Crippen LogP contribution in [0, 0.1) is 0 Å². The van der Waals surface area contributed by atoms with E-state index >= 15 is 0 Å². The number of nitrogens with zero attached hydrogens (tertiary/aromatic N) is 1. The van der Waals surface area contributed by atoms with Gasteiger partial charge >= 0.3 is 0 Å². The zero-order valence-corrected chi connectivity index (χ0v) is 12.2. The molecule has 0 saturated heterocycles. The molecule has 0 bridgehead atoms. The third-order valence-corrected chi connectivity index (χ3v) is 4.37. The van der Waals surface area contributed by atoms with Gasteiger partial charge in [0.25, 0.3) is 0 Å². The van der Waals surface area contributed by atoms with Gasteiger partial charge in [0.05, 0.1) is 16.6 Å². The maximum atomic E-state index is 12.7. The Bertz CT molecular complexity index is 1290. The fourth-order valence-corrected chi connectivity index (χ4v) is 3.23. The topological polar surface area (TPSA) is 45.8 Å². The third kappa shape index (κ3) is 1.70. The van der Waals surface area contributed by atoms with Gasteiger partial charge in [0.15, 0.2) is 5.43 Å². The summed E-state index contributed by atoms with van der Waals surface area (Å²) in [4.78, 5) is 20.9. The number of hydrogen-bond acceptors (Lipinski definition) is 2. The molecule has 5 rings (SSSR count). The predicted molar refractivity (Wildman–Crippen MR) is 94.9 cm³/mol. The van der Waals surface area contributed by atoms with Gasteiger partial charge in [0.1, 0.15) is 0 Å². The summed E-state index contributed by atoms with van der Waals surface area (Å²) in [6.45, 7) is 0. The average molecular weight is 296 g/mol. The summed E-state index contributed by atoms with van der Waals surface area (Å²) < 4.78 is 0. The van der Waals surface area contributed by atoms with Crippen LogP contribution in [0.4, 0.5) is 0 Å². The molecule has 0 aliphatic heterocycles. The van der Waals surface area contributed by atoms with Crippen molar-refractivity contribution in [1.82, 2.24) is 9.97 Å². The Morgan fingerprint density at radius 3 is 2.57 bits per heavy atom. The van der Waals surface area contributed by atoms with Crippen LogP contribution in [0.15, 0.2) is 71.5 Å². The molecule has 3 nitrogen and oxygen atoms in total. The minimum atomic E-state index is 0.0474. The van der Waals surface area contributed by atoms with Gasteiger partial charge in [-0.2, -0.15) is 0 Å². The fourth-order valence-electron chi connectivity index (χ4n) is 3.23. The lowest BCUT2D eigenvalue weighted by atomic mass is 10.1. The van der Waals surface area contributed by atoms with Crippen LogP contribution in [0.5, 0.6) is 0 Å². The van der Waals surface area contributed by atoms with E-state index in [0.29, 0.717) is 10.8 Å². The highest BCUT2D eigenvalue weighted by atomic mass is 16.1. The Hall–Kier alpha value is -3.20. The molecule has 5 aromatic rings. The van der Waals surface area contributed by atoms with Crippen molar-refractivity contribution in [3.05, 3.63) is 77.0 Å². The normalized spacial score (nSPS) is 11.7. The number of nitrogens with one attached hydrogen (secondary N) is 1. The molecule has 3 aromatic carbocycles. The van der Waals surface area contributed by atoms with Crippen molar-refractivity contribution < 1.29 is 0 Å². The zero-order chi connectivity index (χ0) is 15.4. The highest BCUT2D eigenvalue weighted by Gasteiger charge is 2.09. The first-order chi connectivity index (χ1) is 11.3. The second-order valence-electron chi connectivity index (χ2n) is 5.74. The van der Waals surface area contributed by atoms with Crippen LogP contribution in [0.3, 0.4) is 0 Å². The molecule has 0 aliphatic carbocycles. The number of para-hydroxylation sites is 2. The minimum absolute atomic E-state index is 0.0474. The Kier molecular flexibility index (Phi) is 2.36. The van der Waals surface area contributed by atoms with Crippen LogP contribution in [0.2, 0.25) is 0 Å². The van der Waals surface area contributed by atoms with E-state index in [9.17, 15) is 4.79 Å². The highest BCUT2D eigenvalue weighted by molar-refractivity contribution is 6.08. The lowest BCUT2D eigenvalue weighted by Crippen LogP contribution is -2.04. The van der Waals surface area contributed by atoms with E-state index in [1.165, 1.54) is 0 Å². The van der Waals surface area contributed by atoms with E-state index < -0.39 is 0 Å². The molecule has 0 atom stereocenters. The number of H-pyrrole nitrogens is 1. The summed E-state index contributed by atoms with van der Waals surface area (Å²) in [5.41, 5.74) is 3.46. The second-order valence-corrected chi connectivity index (χ2v) is 5.74. The third-order valence-electron chi connectivity index (χ3n) is 4.37. The van der Waals surface area contributed by atoms with E-state index in [0.717, 1.165) is 32.8 Å². The summed E-state index contributed by atoms with van der Waals surface area (Å²) in [5.74, 6) is 0. The number of aromatic amines is 1. The molecule has 0 aliphatic rings. The van der Waals surface area contributed by atoms with Crippen LogP contribution in [-0.2, 0) is 0 Å². The van der Waals surface area contributed by atoms with E-state index in [1.54, 1.807) is 0 Å². The van der Waals surface area contributed by atoms with Crippen molar-refractivity contribution in [2.24, 2.45) is 0 Å². The van der Waals surface area contributed by atoms with Crippen LogP contribution in [0.25, 0.3) is 43.6 Å². The van der Waals surface area contributed by atoms with Crippen molar-refractivity contribution in [3.8, 4) is 0 Å². The lowest BCUT2D eigenvalue weighted by Gasteiger charge is -2.07. The molecule has 0 unspecified atom stereocenters. The molecule has 1 N–H and O–H groups in total. The maximum Gasteiger partial charge on any atom is 0.197 e. The van der Waals surface area contributed by atoms with Crippen molar-refractivity contribution in [1.29, 1.82) is 0 Å². The smallest absolute Gasteiger partial charge is 0.197 e. The van der Waals surface area contributed by atoms with E-state index in [4.69, 9.17) is 4.98 Å². The van der Waals surface area contributed by atoms with Gasteiger partial charge in [0, 0.05) is 27.1 Å². The molecule has 0 radical (unpaired) electrons. The predicted octanol–water partition coefficient (Wildman–Crippen LogP) is 4.38. The first kappa shape index (κ1) is 12.4. The standard InChI is InChI=1S/C20H12N2O/c23-20-14-6-2-4-8-17(14)22-19-15(20)10-9-13-11-12-5-1-3-7-16(12)21-18(13)19/h1-11H,(H,22,23). The van der Waals surface area contributed by atoms with Crippen molar-refractivity contribution in [2.45, 2.75) is 0 Å².